The molecule has 1 aromatic rings. The molecule has 116 valence electrons. The highest BCUT2D eigenvalue weighted by molar-refractivity contribution is 7.91. The number of aryl methyl sites for hydroxylation is 1. The molecule has 1 fully saturated rings. The van der Waals surface area contributed by atoms with Crippen molar-refractivity contribution in [2.45, 2.75) is 31.7 Å². The molecule has 1 amide bonds. The number of carbonyl (C=O) groups is 1. The molecule has 0 aromatic heterocycles. The number of rotatable bonds is 4. The highest BCUT2D eigenvalue weighted by Crippen LogP contribution is 2.23. The Hall–Kier alpha value is -1.50. The van der Waals surface area contributed by atoms with Crippen LogP contribution < -0.4 is 5.32 Å². The van der Waals surface area contributed by atoms with E-state index in [4.69, 9.17) is 0 Å². The fourth-order valence-electron chi connectivity index (χ4n) is 2.49. The first-order valence-corrected chi connectivity index (χ1v) is 8.47. The molecule has 1 aromatic carbocycles. The van der Waals surface area contributed by atoms with E-state index >= 15 is 0 Å². The fourth-order valence-corrected chi connectivity index (χ4v) is 4.58. The monoisotopic (exact) mass is 317 g/mol. The summed E-state index contributed by atoms with van der Waals surface area (Å²) in [5.41, 5.74) is -0.634. The highest BCUT2D eigenvalue weighted by atomic mass is 32.2. The van der Waals surface area contributed by atoms with E-state index in [0.29, 0.717) is 6.42 Å². The number of amides is 1. The SMILES string of the molecule is CC1(NC(=O)CCc2cc(F)ccc2F)CCS(=O)(=O)C1. The van der Waals surface area contributed by atoms with Gasteiger partial charge < -0.3 is 5.32 Å². The molecule has 1 heterocycles. The van der Waals surface area contributed by atoms with Crippen LogP contribution in [-0.4, -0.2) is 31.4 Å². The van der Waals surface area contributed by atoms with E-state index in [0.717, 1.165) is 18.2 Å². The lowest BCUT2D eigenvalue weighted by Crippen LogP contribution is -2.47. The van der Waals surface area contributed by atoms with Gasteiger partial charge in [-0.2, -0.15) is 0 Å². The van der Waals surface area contributed by atoms with Gasteiger partial charge in [0.15, 0.2) is 9.84 Å². The van der Waals surface area contributed by atoms with Crippen LogP contribution in [0.5, 0.6) is 0 Å². The van der Waals surface area contributed by atoms with Crippen molar-refractivity contribution in [1.82, 2.24) is 5.32 Å². The van der Waals surface area contributed by atoms with E-state index < -0.39 is 27.0 Å². The summed E-state index contributed by atoms with van der Waals surface area (Å²) >= 11 is 0. The van der Waals surface area contributed by atoms with Crippen LogP contribution in [0.15, 0.2) is 18.2 Å². The first-order chi connectivity index (χ1) is 9.69. The van der Waals surface area contributed by atoms with Gasteiger partial charge in [0.2, 0.25) is 5.91 Å². The van der Waals surface area contributed by atoms with Crippen LogP contribution in [0.1, 0.15) is 25.3 Å². The third-order valence-electron chi connectivity index (χ3n) is 3.57. The van der Waals surface area contributed by atoms with Crippen molar-refractivity contribution in [2.75, 3.05) is 11.5 Å². The lowest BCUT2D eigenvalue weighted by molar-refractivity contribution is -0.122. The average molecular weight is 317 g/mol. The van der Waals surface area contributed by atoms with Gasteiger partial charge in [0.1, 0.15) is 11.6 Å². The van der Waals surface area contributed by atoms with E-state index in [1.807, 2.05) is 0 Å². The minimum absolute atomic E-state index is 0.0178. The van der Waals surface area contributed by atoms with E-state index in [1.165, 1.54) is 0 Å². The van der Waals surface area contributed by atoms with Crippen LogP contribution in [-0.2, 0) is 21.1 Å². The lowest BCUT2D eigenvalue weighted by atomic mass is 10.0. The van der Waals surface area contributed by atoms with Crippen LogP contribution in [0, 0.1) is 11.6 Å². The fraction of sp³-hybridized carbons (Fsp3) is 0.500. The Balaban J connectivity index is 1.92. The second kappa shape index (κ2) is 5.71. The van der Waals surface area contributed by atoms with Gasteiger partial charge >= 0.3 is 0 Å². The lowest BCUT2D eigenvalue weighted by Gasteiger charge is -2.23. The van der Waals surface area contributed by atoms with Crippen molar-refractivity contribution in [1.29, 1.82) is 0 Å². The first kappa shape index (κ1) is 15.9. The van der Waals surface area contributed by atoms with Gasteiger partial charge in [0.25, 0.3) is 0 Å². The predicted octanol–water partition coefficient (Wildman–Crippen LogP) is 1.59. The van der Waals surface area contributed by atoms with Crippen molar-refractivity contribution in [3.05, 3.63) is 35.4 Å². The Kier molecular flexibility index (Phi) is 4.32. The Morgan fingerprint density at radius 2 is 2.10 bits per heavy atom. The summed E-state index contributed by atoms with van der Waals surface area (Å²) in [4.78, 5) is 11.9. The molecule has 0 radical (unpaired) electrons. The van der Waals surface area contributed by atoms with Crippen LogP contribution in [0.2, 0.25) is 0 Å². The van der Waals surface area contributed by atoms with Crippen LogP contribution in [0.4, 0.5) is 8.78 Å². The van der Waals surface area contributed by atoms with Crippen LogP contribution in [0.3, 0.4) is 0 Å². The molecule has 1 N–H and O–H groups in total. The smallest absolute Gasteiger partial charge is 0.220 e. The van der Waals surface area contributed by atoms with Crippen LogP contribution >= 0.6 is 0 Å². The third kappa shape index (κ3) is 4.23. The standard InChI is InChI=1S/C14H17F2NO3S/c1-14(6-7-21(19,20)9-14)17-13(18)5-2-10-8-11(15)3-4-12(10)16/h3-4,8H,2,5-7,9H2,1H3,(H,17,18). The number of nitrogens with one attached hydrogen (secondary N) is 1. The number of hydrogen-bond acceptors (Lipinski definition) is 3. The van der Waals surface area contributed by atoms with Gasteiger partial charge in [0.05, 0.1) is 17.0 Å². The zero-order valence-electron chi connectivity index (χ0n) is 11.7. The Morgan fingerprint density at radius 3 is 2.71 bits per heavy atom. The van der Waals surface area contributed by atoms with Gasteiger partial charge in [-0.3, -0.25) is 4.79 Å². The maximum absolute atomic E-state index is 13.4. The summed E-state index contributed by atoms with van der Waals surface area (Å²) in [7, 11) is -3.10. The van der Waals surface area contributed by atoms with Crippen molar-refractivity contribution in [3.63, 3.8) is 0 Å². The Bertz CT molecular complexity index is 660. The van der Waals surface area contributed by atoms with E-state index in [2.05, 4.69) is 5.32 Å². The molecule has 1 aliphatic heterocycles. The van der Waals surface area contributed by atoms with E-state index in [-0.39, 0.29) is 35.8 Å². The normalized spacial score (nSPS) is 24.0. The summed E-state index contributed by atoms with van der Waals surface area (Å²) in [5, 5.41) is 2.68. The Labute approximate surface area is 122 Å². The zero-order valence-corrected chi connectivity index (χ0v) is 12.5. The zero-order chi connectivity index (χ0) is 15.7. The predicted molar refractivity (Wildman–Crippen MR) is 74.5 cm³/mol. The molecule has 0 aliphatic carbocycles. The minimum Gasteiger partial charge on any atom is -0.350 e. The van der Waals surface area contributed by atoms with Crippen molar-refractivity contribution in [3.8, 4) is 0 Å². The number of hydrogen-bond donors (Lipinski definition) is 1. The molecule has 2 rings (SSSR count). The summed E-state index contributed by atoms with van der Waals surface area (Å²) in [5.74, 6) is -1.50. The van der Waals surface area contributed by atoms with Gasteiger partial charge in [-0.1, -0.05) is 0 Å². The number of carbonyl (C=O) groups excluding carboxylic acids is 1. The van der Waals surface area contributed by atoms with Crippen molar-refractivity contribution in [2.24, 2.45) is 0 Å². The molecule has 1 saturated heterocycles. The van der Waals surface area contributed by atoms with E-state index in [9.17, 15) is 22.0 Å². The topological polar surface area (TPSA) is 63.2 Å². The molecule has 1 unspecified atom stereocenters. The third-order valence-corrected chi connectivity index (χ3v) is 5.48. The van der Waals surface area contributed by atoms with E-state index in [1.54, 1.807) is 6.92 Å². The summed E-state index contributed by atoms with van der Waals surface area (Å²) in [6.45, 7) is 1.68. The number of sulfone groups is 1. The molecule has 1 aliphatic rings. The maximum atomic E-state index is 13.4. The molecule has 7 heteroatoms. The molecular formula is C14H17F2NO3S. The largest absolute Gasteiger partial charge is 0.350 e. The quantitative estimate of drug-likeness (QED) is 0.917. The van der Waals surface area contributed by atoms with Gasteiger partial charge in [-0.15, -0.1) is 0 Å². The minimum atomic E-state index is -3.10. The molecule has 0 saturated carbocycles. The number of halogens is 2. The van der Waals surface area contributed by atoms with Crippen molar-refractivity contribution < 1.29 is 22.0 Å². The number of benzene rings is 1. The summed E-state index contributed by atoms with van der Waals surface area (Å²) < 4.78 is 49.3. The molecule has 0 spiro atoms. The second-order valence-electron chi connectivity index (χ2n) is 5.69. The van der Waals surface area contributed by atoms with Gasteiger partial charge in [0, 0.05) is 6.42 Å². The van der Waals surface area contributed by atoms with Crippen LogP contribution in [0.25, 0.3) is 0 Å². The molecule has 21 heavy (non-hydrogen) atoms. The highest BCUT2D eigenvalue weighted by Gasteiger charge is 2.39. The maximum Gasteiger partial charge on any atom is 0.220 e. The molecule has 1 atom stereocenters. The van der Waals surface area contributed by atoms with Gasteiger partial charge in [-0.25, -0.2) is 17.2 Å². The Morgan fingerprint density at radius 1 is 1.38 bits per heavy atom. The molecule has 0 bridgehead atoms. The summed E-state index contributed by atoms with van der Waals surface area (Å²) in [6, 6.07) is 3.10. The summed E-state index contributed by atoms with van der Waals surface area (Å²) in [6.07, 6.45) is 0.420. The molecule has 4 nitrogen and oxygen atoms in total. The second-order valence-corrected chi connectivity index (χ2v) is 7.87. The molecular weight excluding hydrogens is 300 g/mol. The average Bonchev–Trinajstić information content (AvgIpc) is 2.64. The van der Waals surface area contributed by atoms with Crippen molar-refractivity contribution >= 4 is 15.7 Å². The van der Waals surface area contributed by atoms with Gasteiger partial charge in [-0.05, 0) is 43.5 Å². The first-order valence-electron chi connectivity index (χ1n) is 6.65.